The number of carbonyl (C=O) groups excluding carboxylic acids is 2. The maximum atomic E-state index is 12.8. The Morgan fingerprint density at radius 3 is 2.33 bits per heavy atom. The van der Waals surface area contributed by atoms with Crippen LogP contribution in [0, 0.1) is 0 Å². The molecule has 2 heterocycles. The lowest BCUT2D eigenvalue weighted by Crippen LogP contribution is -2.48. The molecule has 0 unspecified atom stereocenters. The number of methoxy groups -OCH3 is 1. The molecular weight excluding hydrogens is 454 g/mol. The summed E-state index contributed by atoms with van der Waals surface area (Å²) in [4.78, 5) is 28.6. The van der Waals surface area contributed by atoms with Gasteiger partial charge in [0.05, 0.1) is 13.2 Å². The molecule has 1 amide bonds. The fourth-order valence-electron chi connectivity index (χ4n) is 5.62. The van der Waals surface area contributed by atoms with Crippen molar-refractivity contribution in [2.24, 2.45) is 0 Å². The minimum atomic E-state index is -0.490. The Morgan fingerprint density at radius 2 is 1.61 bits per heavy atom. The van der Waals surface area contributed by atoms with E-state index in [4.69, 9.17) is 9.47 Å². The molecule has 2 aliphatic rings. The van der Waals surface area contributed by atoms with Gasteiger partial charge >= 0.3 is 12.1 Å². The summed E-state index contributed by atoms with van der Waals surface area (Å²) in [5.41, 5.74) is 7.76. The summed E-state index contributed by atoms with van der Waals surface area (Å²) in [5.74, 6) is -0.322. The number of hydrogen-bond donors (Lipinski definition) is 3. The summed E-state index contributed by atoms with van der Waals surface area (Å²) >= 11 is 0. The number of aromatic amines is 1. The zero-order valence-electron chi connectivity index (χ0n) is 19.9. The molecule has 182 valence electrons. The Kier molecular flexibility index (Phi) is 5.70. The standard InChI is InChI=1S/C29H27N3O4/c1-35-28(33)25-14-22-21-12-6-7-13-24(21)32-27(22)26(31-25)15-30-29(34)36-16-23-19-10-4-2-8-17(19)18-9-3-5-11-20(18)23/h2-13,23,25-26,31-32H,14-16H2,1H3,(H,30,34)/t25-,26-/m0/s1. The number of fused-ring (bicyclic) bond motifs is 6. The third-order valence-electron chi connectivity index (χ3n) is 7.29. The van der Waals surface area contributed by atoms with Crippen molar-refractivity contribution in [3.05, 3.63) is 95.2 Å². The van der Waals surface area contributed by atoms with Crippen LogP contribution < -0.4 is 10.6 Å². The summed E-state index contributed by atoms with van der Waals surface area (Å²) in [6.07, 6.45) is 0.0320. The van der Waals surface area contributed by atoms with Crippen molar-refractivity contribution in [1.82, 2.24) is 15.6 Å². The summed E-state index contributed by atoms with van der Waals surface area (Å²) in [7, 11) is 1.39. The van der Waals surface area contributed by atoms with Crippen molar-refractivity contribution >= 4 is 23.0 Å². The Hall–Kier alpha value is -4.10. The summed E-state index contributed by atoms with van der Waals surface area (Å²) < 4.78 is 10.7. The maximum Gasteiger partial charge on any atom is 0.407 e. The van der Waals surface area contributed by atoms with Gasteiger partial charge in [-0.15, -0.1) is 0 Å². The first-order valence-electron chi connectivity index (χ1n) is 12.2. The fraction of sp³-hybridized carbons (Fsp3) is 0.241. The van der Waals surface area contributed by atoms with E-state index in [9.17, 15) is 9.59 Å². The van der Waals surface area contributed by atoms with Gasteiger partial charge in [-0.05, 0) is 33.9 Å². The van der Waals surface area contributed by atoms with E-state index in [0.717, 1.165) is 22.2 Å². The number of benzene rings is 3. The zero-order chi connectivity index (χ0) is 24.6. The highest BCUT2D eigenvalue weighted by molar-refractivity contribution is 5.87. The van der Waals surface area contributed by atoms with Crippen LogP contribution in [-0.4, -0.2) is 43.3 Å². The fourth-order valence-corrected chi connectivity index (χ4v) is 5.62. The number of H-pyrrole nitrogens is 1. The molecule has 0 saturated heterocycles. The first-order valence-corrected chi connectivity index (χ1v) is 12.2. The minimum Gasteiger partial charge on any atom is -0.468 e. The predicted molar refractivity (Wildman–Crippen MR) is 137 cm³/mol. The van der Waals surface area contributed by atoms with E-state index in [1.807, 2.05) is 48.5 Å². The number of nitrogens with one attached hydrogen (secondary N) is 3. The highest BCUT2D eigenvalue weighted by Crippen LogP contribution is 2.44. The lowest BCUT2D eigenvalue weighted by molar-refractivity contribution is -0.143. The number of esters is 1. The summed E-state index contributed by atoms with van der Waals surface area (Å²) in [6.45, 7) is 0.518. The van der Waals surface area contributed by atoms with Crippen LogP contribution in [0.15, 0.2) is 72.8 Å². The van der Waals surface area contributed by atoms with Gasteiger partial charge in [0.25, 0.3) is 0 Å². The Balaban J connectivity index is 1.16. The molecule has 7 heteroatoms. The number of rotatable bonds is 5. The number of ether oxygens (including phenoxy) is 2. The van der Waals surface area contributed by atoms with Crippen LogP contribution in [0.5, 0.6) is 0 Å². The summed E-state index contributed by atoms with van der Waals surface area (Å²) in [6, 6.07) is 23.7. The molecule has 2 atom stereocenters. The van der Waals surface area contributed by atoms with Gasteiger partial charge in [0, 0.05) is 35.5 Å². The number of alkyl carbamates (subject to hydrolysis) is 1. The van der Waals surface area contributed by atoms with Gasteiger partial charge in [0.15, 0.2) is 0 Å². The van der Waals surface area contributed by atoms with E-state index >= 15 is 0 Å². The van der Waals surface area contributed by atoms with Crippen LogP contribution in [0.1, 0.15) is 34.3 Å². The molecule has 0 spiro atoms. The molecule has 36 heavy (non-hydrogen) atoms. The molecule has 3 aromatic carbocycles. The Morgan fingerprint density at radius 1 is 0.944 bits per heavy atom. The average molecular weight is 482 g/mol. The van der Waals surface area contributed by atoms with Gasteiger partial charge < -0.3 is 19.8 Å². The molecule has 1 aromatic heterocycles. The second kappa shape index (κ2) is 9.17. The monoisotopic (exact) mass is 481 g/mol. The molecule has 7 nitrogen and oxygen atoms in total. The largest absolute Gasteiger partial charge is 0.468 e. The normalized spacial score (nSPS) is 18.2. The van der Waals surface area contributed by atoms with E-state index in [1.165, 1.54) is 29.4 Å². The molecule has 0 radical (unpaired) electrons. The lowest BCUT2D eigenvalue weighted by atomic mass is 9.94. The number of carbonyl (C=O) groups is 2. The van der Waals surface area contributed by atoms with E-state index < -0.39 is 12.1 Å². The van der Waals surface area contributed by atoms with Crippen molar-refractivity contribution in [3.8, 4) is 11.1 Å². The van der Waals surface area contributed by atoms with Gasteiger partial charge in [-0.1, -0.05) is 66.7 Å². The second-order valence-corrected chi connectivity index (χ2v) is 9.27. The number of aromatic nitrogens is 1. The van der Waals surface area contributed by atoms with Gasteiger partial charge in [0.2, 0.25) is 0 Å². The molecule has 1 aliphatic carbocycles. The molecule has 0 bridgehead atoms. The van der Waals surface area contributed by atoms with Gasteiger partial charge in [0.1, 0.15) is 12.6 Å². The van der Waals surface area contributed by atoms with Crippen LogP contribution >= 0.6 is 0 Å². The molecule has 1 aliphatic heterocycles. The third-order valence-corrected chi connectivity index (χ3v) is 7.29. The SMILES string of the molecule is COC(=O)[C@@H]1Cc2c([nH]c3ccccc23)[C@H](CNC(=O)OCC2c3ccccc3-c3ccccc32)N1. The first-order chi connectivity index (χ1) is 17.6. The van der Waals surface area contributed by atoms with E-state index in [0.29, 0.717) is 6.42 Å². The number of hydrogen-bond acceptors (Lipinski definition) is 5. The molecule has 6 rings (SSSR count). The van der Waals surface area contributed by atoms with E-state index in [2.05, 4.69) is 39.9 Å². The van der Waals surface area contributed by atoms with Crippen LogP contribution in [-0.2, 0) is 20.7 Å². The van der Waals surface area contributed by atoms with E-state index in [1.54, 1.807) is 0 Å². The minimum absolute atomic E-state index is 0.0000284. The van der Waals surface area contributed by atoms with Crippen molar-refractivity contribution in [3.63, 3.8) is 0 Å². The van der Waals surface area contributed by atoms with Crippen molar-refractivity contribution in [1.29, 1.82) is 0 Å². The van der Waals surface area contributed by atoms with Crippen molar-refractivity contribution in [2.75, 3.05) is 20.3 Å². The highest BCUT2D eigenvalue weighted by atomic mass is 16.5. The van der Waals surface area contributed by atoms with E-state index in [-0.39, 0.29) is 31.1 Å². The number of amides is 1. The quantitative estimate of drug-likeness (QED) is 0.367. The Bertz CT molecular complexity index is 1410. The average Bonchev–Trinajstić information content (AvgIpc) is 3.46. The van der Waals surface area contributed by atoms with Gasteiger partial charge in [-0.3, -0.25) is 10.1 Å². The highest BCUT2D eigenvalue weighted by Gasteiger charge is 2.34. The number of para-hydroxylation sites is 1. The third kappa shape index (κ3) is 3.82. The first kappa shape index (κ1) is 22.4. The van der Waals surface area contributed by atoms with Crippen LogP contribution in [0.3, 0.4) is 0 Å². The second-order valence-electron chi connectivity index (χ2n) is 9.27. The smallest absolute Gasteiger partial charge is 0.407 e. The maximum absolute atomic E-state index is 12.8. The van der Waals surface area contributed by atoms with Gasteiger partial charge in [-0.2, -0.15) is 0 Å². The van der Waals surface area contributed by atoms with Crippen LogP contribution in [0.25, 0.3) is 22.0 Å². The Labute approximate surface area is 208 Å². The molecule has 0 saturated carbocycles. The van der Waals surface area contributed by atoms with Crippen molar-refractivity contribution < 1.29 is 19.1 Å². The predicted octanol–water partition coefficient (Wildman–Crippen LogP) is 4.44. The van der Waals surface area contributed by atoms with Crippen LogP contribution in [0.4, 0.5) is 4.79 Å². The van der Waals surface area contributed by atoms with Gasteiger partial charge in [-0.25, -0.2) is 4.79 Å². The lowest BCUT2D eigenvalue weighted by Gasteiger charge is -2.30. The molecule has 4 aromatic rings. The van der Waals surface area contributed by atoms with Crippen molar-refractivity contribution in [2.45, 2.75) is 24.4 Å². The summed E-state index contributed by atoms with van der Waals surface area (Å²) in [5, 5.41) is 7.29. The zero-order valence-corrected chi connectivity index (χ0v) is 19.9. The topological polar surface area (TPSA) is 92.5 Å². The molecule has 0 fully saturated rings. The van der Waals surface area contributed by atoms with Crippen LogP contribution in [0.2, 0.25) is 0 Å². The molecule has 3 N–H and O–H groups in total. The molecular formula is C29H27N3O4.